The summed E-state index contributed by atoms with van der Waals surface area (Å²) in [4.78, 5) is 28.7. The maximum absolute atomic E-state index is 10.9. The van der Waals surface area contributed by atoms with E-state index in [-0.39, 0.29) is 15.6 Å². The van der Waals surface area contributed by atoms with Crippen molar-refractivity contribution in [3.05, 3.63) is 40.2 Å². The van der Waals surface area contributed by atoms with Crippen LogP contribution in [0.5, 0.6) is 0 Å². The molecule has 0 unspecified atom stereocenters. The Balaban J connectivity index is 2.28. The monoisotopic (exact) mass is 283 g/mol. The molecule has 0 spiro atoms. The molecule has 0 saturated heterocycles. The largest absolute Gasteiger partial charge is 0.478 e. The van der Waals surface area contributed by atoms with Crippen molar-refractivity contribution in [2.24, 2.45) is 0 Å². The molecule has 9 heteroatoms. The number of aromatic carboxylic acids is 1. The highest BCUT2D eigenvalue weighted by Gasteiger charge is 2.16. The molecule has 0 fully saturated rings. The molecule has 0 aromatic carbocycles. The van der Waals surface area contributed by atoms with Crippen molar-refractivity contribution >= 4 is 34.1 Å². The second kappa shape index (κ2) is 5.10. The molecule has 7 nitrogen and oxygen atoms in total. The third-order valence-corrected chi connectivity index (χ3v) is 3.88. The lowest BCUT2D eigenvalue weighted by molar-refractivity contribution is -0.380. The number of pyridine rings is 1. The molecule has 2 heterocycles. The van der Waals surface area contributed by atoms with Crippen LogP contribution in [0.15, 0.2) is 33.9 Å². The Labute approximate surface area is 109 Å². The zero-order chi connectivity index (χ0) is 13.1. The standard InChI is InChI=1S/C9H5N3O4S2/c13-8(14)5-2-1-3-10-7(5)18-9-11-4-6(17-9)12(15)16/h1-4H,(H,13,14). The van der Waals surface area contributed by atoms with E-state index in [0.717, 1.165) is 29.3 Å². The fourth-order valence-corrected chi connectivity index (χ4v) is 2.87. The molecule has 1 N–H and O–H groups in total. The van der Waals surface area contributed by atoms with Gasteiger partial charge in [0.2, 0.25) is 0 Å². The molecule has 0 bridgehead atoms. The highest BCUT2D eigenvalue weighted by atomic mass is 32.2. The first-order chi connectivity index (χ1) is 8.58. The van der Waals surface area contributed by atoms with E-state index in [1.807, 2.05) is 0 Å². The maximum Gasteiger partial charge on any atom is 0.344 e. The molecule has 2 aromatic heterocycles. The van der Waals surface area contributed by atoms with Gasteiger partial charge in [-0.05, 0) is 35.2 Å². The van der Waals surface area contributed by atoms with Gasteiger partial charge in [0.1, 0.15) is 11.2 Å². The summed E-state index contributed by atoms with van der Waals surface area (Å²) in [5.41, 5.74) is 0.0420. The van der Waals surface area contributed by atoms with Gasteiger partial charge in [-0.3, -0.25) is 10.1 Å². The van der Waals surface area contributed by atoms with Crippen LogP contribution in [0.1, 0.15) is 10.4 Å². The first kappa shape index (κ1) is 12.5. The number of hydrogen-bond acceptors (Lipinski definition) is 7. The van der Waals surface area contributed by atoms with Gasteiger partial charge in [-0.25, -0.2) is 14.8 Å². The van der Waals surface area contributed by atoms with Crippen LogP contribution >= 0.6 is 23.1 Å². The summed E-state index contributed by atoms with van der Waals surface area (Å²) in [6.07, 6.45) is 2.59. The predicted octanol–water partition coefficient (Wildman–Crippen LogP) is 2.30. The van der Waals surface area contributed by atoms with Crippen LogP contribution in [-0.2, 0) is 0 Å². The van der Waals surface area contributed by atoms with Crippen molar-refractivity contribution in [1.29, 1.82) is 0 Å². The van der Waals surface area contributed by atoms with E-state index in [1.54, 1.807) is 0 Å². The van der Waals surface area contributed by atoms with Crippen molar-refractivity contribution in [2.45, 2.75) is 9.37 Å². The van der Waals surface area contributed by atoms with Crippen LogP contribution in [0, 0.1) is 10.1 Å². The van der Waals surface area contributed by atoms with Crippen LogP contribution in [0.3, 0.4) is 0 Å². The van der Waals surface area contributed by atoms with E-state index in [2.05, 4.69) is 9.97 Å². The molecule has 0 aliphatic rings. The third kappa shape index (κ3) is 2.63. The van der Waals surface area contributed by atoms with Gasteiger partial charge in [-0.1, -0.05) is 0 Å². The first-order valence-corrected chi connectivity index (χ1v) is 6.17. The minimum Gasteiger partial charge on any atom is -0.478 e. The van der Waals surface area contributed by atoms with Crippen LogP contribution in [0.25, 0.3) is 0 Å². The van der Waals surface area contributed by atoms with Crippen LogP contribution in [0.2, 0.25) is 0 Å². The van der Waals surface area contributed by atoms with Crippen LogP contribution in [0.4, 0.5) is 5.00 Å². The van der Waals surface area contributed by atoms with Gasteiger partial charge in [0.15, 0.2) is 4.34 Å². The summed E-state index contributed by atoms with van der Waals surface area (Å²) in [7, 11) is 0. The Morgan fingerprint density at radius 2 is 2.28 bits per heavy atom. The maximum atomic E-state index is 10.9. The highest BCUT2D eigenvalue weighted by molar-refractivity contribution is 8.01. The first-order valence-electron chi connectivity index (χ1n) is 4.54. The van der Waals surface area contributed by atoms with Gasteiger partial charge in [-0.2, -0.15) is 0 Å². The molecule has 0 atom stereocenters. The van der Waals surface area contributed by atoms with E-state index in [9.17, 15) is 14.9 Å². The number of rotatable bonds is 4. The summed E-state index contributed by atoms with van der Waals surface area (Å²) in [5, 5.41) is 19.6. The normalized spacial score (nSPS) is 10.2. The summed E-state index contributed by atoms with van der Waals surface area (Å²) in [5.74, 6) is -1.10. The fraction of sp³-hybridized carbons (Fsp3) is 0. The minimum absolute atomic E-state index is 0.0420. The number of hydrogen-bond donors (Lipinski definition) is 1. The van der Waals surface area contributed by atoms with Gasteiger partial charge in [-0.15, -0.1) is 0 Å². The highest BCUT2D eigenvalue weighted by Crippen LogP contribution is 2.34. The molecule has 0 saturated carbocycles. The number of thiazole rings is 1. The van der Waals surface area contributed by atoms with Gasteiger partial charge in [0.25, 0.3) is 0 Å². The summed E-state index contributed by atoms with van der Waals surface area (Å²) >= 11 is 1.87. The molecular weight excluding hydrogens is 278 g/mol. The summed E-state index contributed by atoms with van der Waals surface area (Å²) < 4.78 is 0.378. The SMILES string of the molecule is O=C(O)c1cccnc1Sc1ncc([N+](=O)[O-])s1. The second-order valence-electron chi connectivity index (χ2n) is 2.98. The molecule has 0 radical (unpaired) electrons. The molecule has 18 heavy (non-hydrogen) atoms. The van der Waals surface area contributed by atoms with Crippen molar-refractivity contribution in [3.8, 4) is 0 Å². The molecular formula is C9H5N3O4S2. The van der Waals surface area contributed by atoms with E-state index in [4.69, 9.17) is 5.11 Å². The van der Waals surface area contributed by atoms with Gasteiger partial charge >= 0.3 is 11.0 Å². The Kier molecular flexibility index (Phi) is 3.53. The van der Waals surface area contributed by atoms with Crippen molar-refractivity contribution in [3.63, 3.8) is 0 Å². The number of carbonyl (C=O) groups is 1. The van der Waals surface area contributed by atoms with Crippen molar-refractivity contribution in [1.82, 2.24) is 9.97 Å². The fourth-order valence-electron chi connectivity index (χ4n) is 1.10. The van der Waals surface area contributed by atoms with Crippen LogP contribution in [-0.4, -0.2) is 26.0 Å². The molecule has 0 amide bonds. The number of carboxylic acids is 1. The zero-order valence-corrected chi connectivity index (χ0v) is 10.3. The predicted molar refractivity (Wildman–Crippen MR) is 64.1 cm³/mol. The van der Waals surface area contributed by atoms with Gasteiger partial charge < -0.3 is 5.11 Å². The Morgan fingerprint density at radius 3 is 2.89 bits per heavy atom. The lowest BCUT2D eigenvalue weighted by Crippen LogP contribution is -1.99. The topological polar surface area (TPSA) is 106 Å². The second-order valence-corrected chi connectivity index (χ2v) is 5.23. The smallest absolute Gasteiger partial charge is 0.344 e. The molecule has 2 aromatic rings. The molecule has 2 rings (SSSR count). The van der Waals surface area contributed by atoms with Gasteiger partial charge in [0, 0.05) is 6.20 Å². The Hall–Kier alpha value is -2.00. The average molecular weight is 283 g/mol. The number of carboxylic acid groups (broad SMARTS) is 1. The van der Waals surface area contributed by atoms with E-state index in [0.29, 0.717) is 4.34 Å². The number of nitrogens with zero attached hydrogens (tertiary/aromatic N) is 3. The number of nitro groups is 1. The Morgan fingerprint density at radius 1 is 1.50 bits per heavy atom. The lowest BCUT2D eigenvalue weighted by atomic mass is 10.3. The van der Waals surface area contributed by atoms with E-state index in [1.165, 1.54) is 18.3 Å². The molecule has 0 aliphatic heterocycles. The van der Waals surface area contributed by atoms with Crippen molar-refractivity contribution in [2.75, 3.05) is 0 Å². The molecule has 0 aliphatic carbocycles. The third-order valence-electron chi connectivity index (χ3n) is 1.84. The van der Waals surface area contributed by atoms with E-state index < -0.39 is 10.9 Å². The number of aromatic nitrogens is 2. The lowest BCUT2D eigenvalue weighted by Gasteiger charge is -2.00. The average Bonchev–Trinajstić information content (AvgIpc) is 2.78. The quantitative estimate of drug-likeness (QED) is 0.677. The summed E-state index contributed by atoms with van der Waals surface area (Å²) in [6, 6.07) is 2.93. The van der Waals surface area contributed by atoms with Crippen molar-refractivity contribution < 1.29 is 14.8 Å². The minimum atomic E-state index is -1.10. The zero-order valence-electron chi connectivity index (χ0n) is 8.64. The van der Waals surface area contributed by atoms with Crippen LogP contribution < -0.4 is 0 Å². The van der Waals surface area contributed by atoms with Gasteiger partial charge in [0.05, 0.1) is 10.5 Å². The Bertz CT molecular complexity index is 613. The van der Waals surface area contributed by atoms with E-state index >= 15 is 0 Å². The summed E-state index contributed by atoms with van der Waals surface area (Å²) in [6.45, 7) is 0. The molecule has 92 valence electrons.